The van der Waals surface area contributed by atoms with Gasteiger partial charge in [0.05, 0.1) is 50.5 Å². The Hall–Kier alpha value is -5.71. The molecule has 0 unspecified atom stereocenters. The smallest absolute Gasteiger partial charge is 0.178 e. The van der Waals surface area contributed by atoms with Crippen LogP contribution in [0, 0.1) is 13.8 Å². The number of hydrogen-bond donors (Lipinski definition) is 3. The molecule has 2 aromatic carbocycles. The number of nitrogens with two attached hydrogens (primary N) is 1. The van der Waals surface area contributed by atoms with Crippen LogP contribution in [0.15, 0.2) is 101 Å². The van der Waals surface area contributed by atoms with E-state index in [1.54, 1.807) is 35.7 Å². The van der Waals surface area contributed by atoms with Gasteiger partial charge in [0, 0.05) is 39.6 Å². The summed E-state index contributed by atoms with van der Waals surface area (Å²) in [5.74, 6) is 5.09. The zero-order chi connectivity index (χ0) is 36.1. The van der Waals surface area contributed by atoms with Crippen LogP contribution in [0.4, 0.5) is 0 Å². The molecule has 0 bridgehead atoms. The number of aromatic nitrogens is 8. The van der Waals surface area contributed by atoms with Crippen LogP contribution in [0.5, 0.6) is 0 Å². The van der Waals surface area contributed by atoms with Gasteiger partial charge in [-0.05, 0) is 57.2 Å². The maximum absolute atomic E-state index is 11.6. The molecule has 0 amide bonds. The quantitative estimate of drug-likeness (QED) is 0.0654. The lowest BCUT2D eigenvalue weighted by Crippen LogP contribution is -1.99. The molecule has 52 heavy (non-hydrogen) atoms. The Balaban J connectivity index is 0.000000189. The number of nitrogens with zero attached hydrogens (tertiary/aromatic N) is 9. The van der Waals surface area contributed by atoms with Crippen LogP contribution in [-0.4, -0.2) is 61.4 Å². The van der Waals surface area contributed by atoms with Crippen LogP contribution in [0.25, 0.3) is 56.0 Å². The van der Waals surface area contributed by atoms with Gasteiger partial charge in [-0.1, -0.05) is 41.6 Å². The number of carbonyl (C=O) groups excluding carboxylic acids is 1. The molecule has 0 fully saturated rings. The van der Waals surface area contributed by atoms with Crippen molar-refractivity contribution in [1.29, 1.82) is 0 Å². The Bertz CT molecular complexity index is 2520. The van der Waals surface area contributed by atoms with Crippen molar-refractivity contribution in [2.24, 2.45) is 11.1 Å². The maximum atomic E-state index is 11.6. The van der Waals surface area contributed by atoms with Crippen molar-refractivity contribution in [3.05, 3.63) is 117 Å². The number of thiazole rings is 2. The van der Waals surface area contributed by atoms with Gasteiger partial charge in [-0.25, -0.2) is 35.2 Å². The van der Waals surface area contributed by atoms with Gasteiger partial charge < -0.3 is 10.4 Å². The number of ketones is 1. The molecule has 0 aliphatic heterocycles. The van der Waals surface area contributed by atoms with E-state index in [2.05, 4.69) is 47.3 Å². The summed E-state index contributed by atoms with van der Waals surface area (Å²) in [6, 6.07) is 23.3. The molecular formula is C36H33ClN10O3S2. The molecule has 264 valence electrons. The first-order chi connectivity index (χ1) is 24.8. The Kier molecular flexibility index (Phi) is 11.9. The van der Waals surface area contributed by atoms with E-state index in [-0.39, 0.29) is 18.2 Å². The highest BCUT2D eigenvalue weighted by molar-refractivity contribution is 7.10. The van der Waals surface area contributed by atoms with E-state index >= 15 is 0 Å². The largest absolute Gasteiger partial charge is 0.411 e. The second-order valence-electron chi connectivity index (χ2n) is 11.2. The first-order valence-electron chi connectivity index (χ1n) is 15.5. The first-order valence-corrected chi connectivity index (χ1v) is 17.2. The van der Waals surface area contributed by atoms with Crippen molar-refractivity contribution >= 4 is 68.4 Å². The number of fused-ring (bicyclic) bond motifs is 2. The molecule has 0 atom stereocenters. The van der Waals surface area contributed by atoms with E-state index in [1.165, 1.54) is 6.92 Å². The molecule has 0 aliphatic rings. The second-order valence-corrected chi connectivity index (χ2v) is 13.3. The molecular weight excluding hydrogens is 720 g/mol. The zero-order valence-electron chi connectivity index (χ0n) is 28.4. The molecule has 0 saturated carbocycles. The molecule has 4 N–H and O–H groups in total. The van der Waals surface area contributed by atoms with Gasteiger partial charge in [0.2, 0.25) is 0 Å². The number of benzene rings is 2. The minimum atomic E-state index is -0.0408. The lowest BCUT2D eigenvalue weighted by atomic mass is 10.1. The number of halogens is 1. The van der Waals surface area contributed by atoms with Crippen LogP contribution in [-0.2, 0) is 0 Å². The lowest BCUT2D eigenvalue weighted by Gasteiger charge is -2.05. The number of oxime groups is 1. The molecule has 6 heterocycles. The van der Waals surface area contributed by atoms with Crippen molar-refractivity contribution in [3.8, 4) is 34.2 Å². The maximum Gasteiger partial charge on any atom is 0.178 e. The fourth-order valence-electron chi connectivity index (χ4n) is 5.26. The minimum Gasteiger partial charge on any atom is -0.411 e. The van der Waals surface area contributed by atoms with Gasteiger partial charge in [0.25, 0.3) is 0 Å². The van der Waals surface area contributed by atoms with Crippen LogP contribution in [0.1, 0.15) is 40.0 Å². The van der Waals surface area contributed by atoms with Crippen LogP contribution >= 0.6 is 35.1 Å². The zero-order valence-corrected chi connectivity index (χ0v) is 30.8. The van der Waals surface area contributed by atoms with Crippen LogP contribution in [0.2, 0.25) is 0 Å². The van der Waals surface area contributed by atoms with Crippen molar-refractivity contribution in [1.82, 2.24) is 39.5 Å². The second kappa shape index (κ2) is 16.5. The van der Waals surface area contributed by atoms with E-state index in [0.717, 1.165) is 66.0 Å². The van der Waals surface area contributed by atoms with Gasteiger partial charge in [-0.3, -0.25) is 4.79 Å². The van der Waals surface area contributed by atoms with Crippen molar-refractivity contribution < 1.29 is 15.2 Å². The summed E-state index contributed by atoms with van der Waals surface area (Å²) in [4.78, 5) is 29.6. The molecule has 0 radical (unpaired) electrons. The number of carbonyl (C=O) groups is 1. The standard InChI is InChI=1S/C18H15N5OS.C18H14N4OS.ClH.H3NO/c1-11(22-24)15-4-3-5-16(21-15)13-6-7-14-9-19-23(17(14)8-13)18-10-25-12(2)20-18;1-11(23)15-4-3-5-16(21-15)13-6-7-14-9-19-22(17(14)8-13)18-10-24-12(2)20-18;;1-2/h3-10,24H,1-2H3;3-10H,1-2H3;1H;2H,1H2/b22-11-;;;. The van der Waals surface area contributed by atoms with E-state index in [9.17, 15) is 4.79 Å². The summed E-state index contributed by atoms with van der Waals surface area (Å²) >= 11 is 3.19. The Morgan fingerprint density at radius 3 is 1.58 bits per heavy atom. The fourth-order valence-corrected chi connectivity index (χ4v) is 6.41. The van der Waals surface area contributed by atoms with Gasteiger partial charge in [0.1, 0.15) is 11.4 Å². The molecule has 0 saturated heterocycles. The van der Waals surface area contributed by atoms with Gasteiger partial charge in [-0.15, -0.1) is 35.1 Å². The number of pyridine rings is 2. The van der Waals surface area contributed by atoms with E-state index in [0.29, 0.717) is 17.1 Å². The van der Waals surface area contributed by atoms with Gasteiger partial charge >= 0.3 is 0 Å². The average Bonchev–Trinajstić information content (AvgIpc) is 3.98. The van der Waals surface area contributed by atoms with Gasteiger partial charge in [-0.2, -0.15) is 10.2 Å². The minimum absolute atomic E-state index is 0. The summed E-state index contributed by atoms with van der Waals surface area (Å²) < 4.78 is 3.67. The number of aryl methyl sites for hydroxylation is 2. The Morgan fingerprint density at radius 1 is 0.692 bits per heavy atom. The van der Waals surface area contributed by atoms with Crippen molar-refractivity contribution in [2.45, 2.75) is 27.7 Å². The Labute approximate surface area is 312 Å². The lowest BCUT2D eigenvalue weighted by molar-refractivity contribution is 0.101. The predicted molar refractivity (Wildman–Crippen MR) is 207 cm³/mol. The monoisotopic (exact) mass is 752 g/mol. The summed E-state index contributed by atoms with van der Waals surface area (Å²) in [7, 11) is 0. The molecule has 0 spiro atoms. The highest BCUT2D eigenvalue weighted by atomic mass is 35.5. The van der Waals surface area contributed by atoms with Crippen molar-refractivity contribution in [2.75, 3.05) is 0 Å². The summed E-state index contributed by atoms with van der Waals surface area (Å²) in [5.41, 5.74) is 7.02. The summed E-state index contributed by atoms with van der Waals surface area (Å²) in [6.07, 6.45) is 3.66. The molecule has 0 aliphatic carbocycles. The molecule has 13 nitrogen and oxygen atoms in total. The SMILES string of the molecule is C/C(=N/O)c1cccc(-c2ccc3cnn(-c4csc(C)n4)c3c2)n1.CC(=O)c1cccc(-c2ccc3cnn(-c4csc(C)n4)c3c2)n1.Cl.NO. The average molecular weight is 753 g/mol. The van der Waals surface area contributed by atoms with E-state index in [4.69, 9.17) is 10.4 Å². The molecule has 8 rings (SSSR count). The van der Waals surface area contributed by atoms with E-state index in [1.807, 2.05) is 107 Å². The normalized spacial score (nSPS) is 11.0. The highest BCUT2D eigenvalue weighted by Gasteiger charge is 2.12. The fraction of sp³-hybridized carbons (Fsp3) is 0.111. The van der Waals surface area contributed by atoms with Crippen molar-refractivity contribution in [3.63, 3.8) is 0 Å². The Morgan fingerprint density at radius 2 is 1.15 bits per heavy atom. The number of hydrogen-bond acceptors (Lipinski definition) is 13. The third kappa shape index (κ3) is 7.93. The molecule has 16 heteroatoms. The van der Waals surface area contributed by atoms with Gasteiger partial charge in [0.15, 0.2) is 17.4 Å². The highest BCUT2D eigenvalue weighted by Crippen LogP contribution is 2.27. The third-order valence-electron chi connectivity index (χ3n) is 7.76. The topological polar surface area (TPSA) is 183 Å². The summed E-state index contributed by atoms with van der Waals surface area (Å²) in [6.45, 7) is 7.19. The molecule has 8 aromatic rings. The summed E-state index contributed by atoms with van der Waals surface area (Å²) in [5, 5.41) is 35.7. The van der Waals surface area contributed by atoms with Crippen LogP contribution < -0.4 is 5.90 Å². The number of rotatable bonds is 6. The number of Topliss-reactive ketones (excluding diaryl/α,β-unsaturated/α-hetero) is 1. The van der Waals surface area contributed by atoms with Crippen LogP contribution in [0.3, 0.4) is 0 Å². The first kappa shape index (κ1) is 37.5. The third-order valence-corrected chi connectivity index (χ3v) is 9.28. The predicted octanol–water partition coefficient (Wildman–Crippen LogP) is 7.86. The van der Waals surface area contributed by atoms with E-state index < -0.39 is 0 Å². The molecule has 6 aromatic heterocycles.